The van der Waals surface area contributed by atoms with Crippen molar-refractivity contribution in [1.29, 1.82) is 0 Å². The first-order valence-corrected chi connectivity index (χ1v) is 28.7. The van der Waals surface area contributed by atoms with Crippen LogP contribution < -0.4 is 4.89 Å². The summed E-state index contributed by atoms with van der Waals surface area (Å²) in [4.78, 5) is 37.8. The Hall–Kier alpha value is -4.37. The Labute approximate surface area is 439 Å². The summed E-state index contributed by atoms with van der Waals surface area (Å²) in [6, 6.07) is 0. The number of phosphoric ester groups is 1. The molecule has 0 bridgehead atoms. The molecule has 0 fully saturated rings. The third kappa shape index (κ3) is 55.0. The van der Waals surface area contributed by atoms with E-state index in [0.29, 0.717) is 23.9 Å². The molecule has 0 amide bonds. The lowest BCUT2D eigenvalue weighted by Gasteiger charge is -2.28. The van der Waals surface area contributed by atoms with Crippen LogP contribution in [0.25, 0.3) is 0 Å². The number of ether oxygens (including phenoxy) is 2. The minimum atomic E-state index is -4.67. The molecule has 0 radical (unpaired) electrons. The summed E-state index contributed by atoms with van der Waals surface area (Å²) in [6.45, 7) is 3.87. The van der Waals surface area contributed by atoms with Crippen molar-refractivity contribution in [3.05, 3.63) is 158 Å². The third-order valence-corrected chi connectivity index (χ3v) is 11.5. The molecule has 0 aliphatic carbocycles. The van der Waals surface area contributed by atoms with Crippen LogP contribution in [0.5, 0.6) is 0 Å². The topological polar surface area (TPSA) is 111 Å². The molecule has 0 spiro atoms. The van der Waals surface area contributed by atoms with Crippen molar-refractivity contribution >= 4 is 19.8 Å². The first-order valence-electron chi connectivity index (χ1n) is 27.2. The Morgan fingerprint density at radius 1 is 0.431 bits per heavy atom. The van der Waals surface area contributed by atoms with Crippen LogP contribution in [0.3, 0.4) is 0 Å². The number of likely N-dealkylation sites (N-methyl/N-ethyl adjacent to an activating group) is 1. The Bertz CT molecular complexity index is 1770. The number of rotatable bonds is 47. The van der Waals surface area contributed by atoms with E-state index >= 15 is 0 Å². The number of quaternary nitrogens is 1. The van der Waals surface area contributed by atoms with Gasteiger partial charge >= 0.3 is 11.9 Å². The summed E-state index contributed by atoms with van der Waals surface area (Å²) in [5.74, 6) is -0.961. The highest BCUT2D eigenvalue weighted by atomic mass is 31.2. The van der Waals surface area contributed by atoms with Crippen molar-refractivity contribution in [3.63, 3.8) is 0 Å². The van der Waals surface area contributed by atoms with E-state index < -0.39 is 32.5 Å². The van der Waals surface area contributed by atoms with Crippen molar-refractivity contribution in [1.82, 2.24) is 0 Å². The first kappa shape index (κ1) is 67.6. The number of carbonyl (C=O) groups is 2. The van der Waals surface area contributed by atoms with E-state index in [2.05, 4.69) is 160 Å². The van der Waals surface area contributed by atoms with Crippen LogP contribution in [0.4, 0.5) is 0 Å². The molecule has 0 saturated heterocycles. The van der Waals surface area contributed by atoms with Gasteiger partial charge in [-0.15, -0.1) is 0 Å². The molecule has 0 saturated carbocycles. The van der Waals surface area contributed by atoms with Crippen molar-refractivity contribution in [2.45, 2.75) is 174 Å². The number of esters is 2. The van der Waals surface area contributed by atoms with E-state index in [4.69, 9.17) is 18.5 Å². The number of hydrogen-bond donors (Lipinski definition) is 0. The van der Waals surface area contributed by atoms with Crippen LogP contribution in [0.1, 0.15) is 168 Å². The normalized spacial score (nSPS) is 14.6. The maximum absolute atomic E-state index is 12.8. The van der Waals surface area contributed by atoms with E-state index in [0.717, 1.165) is 116 Å². The van der Waals surface area contributed by atoms with Crippen LogP contribution in [0.2, 0.25) is 0 Å². The number of unbranched alkanes of at least 4 members (excludes halogenated alkanes) is 7. The molecular weight excluding hydrogens is 918 g/mol. The van der Waals surface area contributed by atoms with Crippen LogP contribution in [0.15, 0.2) is 158 Å². The smallest absolute Gasteiger partial charge is 0.306 e. The second kappa shape index (κ2) is 51.5. The molecular formula is C62H98NO8P. The average molecular weight is 1020 g/mol. The van der Waals surface area contributed by atoms with Gasteiger partial charge in [0.1, 0.15) is 19.8 Å². The number of carbonyl (C=O) groups excluding carboxylic acids is 2. The maximum Gasteiger partial charge on any atom is 0.306 e. The molecule has 404 valence electrons. The van der Waals surface area contributed by atoms with Crippen LogP contribution in [-0.2, 0) is 32.7 Å². The van der Waals surface area contributed by atoms with Crippen LogP contribution >= 0.6 is 7.82 Å². The molecule has 0 aromatic rings. The van der Waals surface area contributed by atoms with Gasteiger partial charge in [-0.1, -0.05) is 204 Å². The second-order valence-electron chi connectivity index (χ2n) is 18.5. The fourth-order valence-electron chi connectivity index (χ4n) is 6.42. The fourth-order valence-corrected chi connectivity index (χ4v) is 7.15. The standard InChI is InChI=1S/C62H98NO8P/c1-6-8-10-12-14-16-18-20-22-24-26-27-28-29-30-31-32-33-34-35-37-39-41-43-45-47-49-51-53-55-62(65)71-60(59-70-72(66,67)69-57-56-63(3,4)5)58-68-61(64)54-52-50-48-46-44-42-40-38-36-25-23-21-19-17-15-13-11-9-7-2/h8-11,14-17,20-23,26-27,29-30,32-33,35-38,42,44,48,50,60H,6-7,12-13,18-19,24-25,28,31,34,39-41,43,45-47,49,51-59H2,1-5H3/b10-8-,11-9-,16-14-,17-15-,22-20-,23-21-,27-26-,30-29-,33-32-,37-35-,38-36-,44-42-,50-48-. The summed E-state index contributed by atoms with van der Waals surface area (Å²) in [5.41, 5.74) is 0. The van der Waals surface area contributed by atoms with Gasteiger partial charge in [0, 0.05) is 12.8 Å². The van der Waals surface area contributed by atoms with Gasteiger partial charge < -0.3 is 27.9 Å². The summed E-state index contributed by atoms with van der Waals surface area (Å²) >= 11 is 0. The van der Waals surface area contributed by atoms with E-state index in [1.54, 1.807) is 0 Å². The lowest BCUT2D eigenvalue weighted by Crippen LogP contribution is -2.37. The van der Waals surface area contributed by atoms with Gasteiger partial charge in [0.15, 0.2) is 6.10 Å². The number of nitrogens with zero attached hydrogens (tertiary/aromatic N) is 1. The van der Waals surface area contributed by atoms with Crippen molar-refractivity contribution in [2.75, 3.05) is 47.5 Å². The summed E-state index contributed by atoms with van der Waals surface area (Å²) in [6.07, 6.45) is 77.2. The zero-order chi connectivity index (χ0) is 52.7. The molecule has 2 unspecified atom stereocenters. The summed E-state index contributed by atoms with van der Waals surface area (Å²) in [7, 11) is 1.09. The molecule has 0 N–H and O–H groups in total. The summed E-state index contributed by atoms with van der Waals surface area (Å²) < 4.78 is 34.0. The van der Waals surface area contributed by atoms with Crippen LogP contribution in [-0.4, -0.2) is 70.0 Å². The monoisotopic (exact) mass is 1020 g/mol. The Morgan fingerprint density at radius 2 is 0.778 bits per heavy atom. The quantitative estimate of drug-likeness (QED) is 0.0195. The van der Waals surface area contributed by atoms with E-state index in [1.807, 2.05) is 33.3 Å². The lowest BCUT2D eigenvalue weighted by molar-refractivity contribution is -0.870. The maximum atomic E-state index is 12.8. The van der Waals surface area contributed by atoms with Crippen LogP contribution in [0, 0.1) is 0 Å². The second-order valence-corrected chi connectivity index (χ2v) is 19.9. The van der Waals surface area contributed by atoms with E-state index in [9.17, 15) is 19.0 Å². The van der Waals surface area contributed by atoms with E-state index in [-0.39, 0.29) is 26.1 Å². The minimum Gasteiger partial charge on any atom is -0.756 e. The molecule has 0 heterocycles. The van der Waals surface area contributed by atoms with Gasteiger partial charge in [0.25, 0.3) is 7.82 Å². The molecule has 0 aliphatic rings. The van der Waals surface area contributed by atoms with Gasteiger partial charge in [0.05, 0.1) is 27.7 Å². The molecule has 0 aliphatic heterocycles. The molecule has 0 aromatic heterocycles. The highest BCUT2D eigenvalue weighted by Crippen LogP contribution is 2.38. The highest BCUT2D eigenvalue weighted by Gasteiger charge is 2.21. The molecule has 10 heteroatoms. The van der Waals surface area contributed by atoms with Gasteiger partial charge in [-0.25, -0.2) is 0 Å². The largest absolute Gasteiger partial charge is 0.756 e. The van der Waals surface area contributed by atoms with E-state index in [1.165, 1.54) is 12.8 Å². The first-order chi connectivity index (χ1) is 35.0. The van der Waals surface area contributed by atoms with Gasteiger partial charge in [-0.05, 0) is 109 Å². The highest BCUT2D eigenvalue weighted by molar-refractivity contribution is 7.45. The molecule has 0 aromatic carbocycles. The van der Waals surface area contributed by atoms with Crippen molar-refractivity contribution in [2.24, 2.45) is 0 Å². The molecule has 9 nitrogen and oxygen atoms in total. The van der Waals surface area contributed by atoms with Gasteiger partial charge in [-0.3, -0.25) is 14.2 Å². The Morgan fingerprint density at radius 3 is 1.17 bits per heavy atom. The Kier molecular flexibility index (Phi) is 48.4. The lowest BCUT2D eigenvalue weighted by atomic mass is 10.1. The van der Waals surface area contributed by atoms with Gasteiger partial charge in [0.2, 0.25) is 0 Å². The molecule has 2 atom stereocenters. The zero-order valence-electron chi connectivity index (χ0n) is 45.5. The third-order valence-electron chi connectivity index (χ3n) is 10.6. The zero-order valence-corrected chi connectivity index (χ0v) is 46.4. The summed E-state index contributed by atoms with van der Waals surface area (Å²) in [5, 5.41) is 0. The van der Waals surface area contributed by atoms with Crippen molar-refractivity contribution < 1.29 is 42.1 Å². The Balaban J connectivity index is 4.37. The number of allylic oxidation sites excluding steroid dienone is 26. The minimum absolute atomic E-state index is 0.0545. The number of phosphoric acid groups is 1. The molecule has 72 heavy (non-hydrogen) atoms. The average Bonchev–Trinajstić information content (AvgIpc) is 3.34. The molecule has 0 rings (SSSR count). The van der Waals surface area contributed by atoms with Crippen molar-refractivity contribution in [3.8, 4) is 0 Å². The SMILES string of the molecule is CC/C=C\C/C=C\C/C=C\C/C=C\C/C=C\C/C=C\C/C=C\CCCCCCCCCC(=O)OC(COC(=O)CC/C=C\C/C=C\C/C=C\C/C=C\C/C=C\C/C=C\CC)COP(=O)([O-])OCC[N+](C)(C)C. The predicted octanol–water partition coefficient (Wildman–Crippen LogP) is 16.3. The fraction of sp³-hybridized carbons (Fsp3) is 0.548. The van der Waals surface area contributed by atoms with Gasteiger partial charge in [-0.2, -0.15) is 0 Å². The predicted molar refractivity (Wildman–Crippen MR) is 304 cm³/mol. The number of hydrogen-bond acceptors (Lipinski definition) is 8.